The molecule has 1 aliphatic heterocycles. The van der Waals surface area contributed by atoms with Gasteiger partial charge in [0.1, 0.15) is 11.5 Å². The Morgan fingerprint density at radius 3 is 2.32 bits per heavy atom. The second-order valence-corrected chi connectivity index (χ2v) is 8.04. The summed E-state index contributed by atoms with van der Waals surface area (Å²) in [7, 11) is 0. The Hall–Kier alpha value is -3.60. The smallest absolute Gasteiger partial charge is 0.255 e. The van der Waals surface area contributed by atoms with Gasteiger partial charge in [0, 0.05) is 30.3 Å². The zero-order valence-corrected chi connectivity index (χ0v) is 17.8. The first-order chi connectivity index (χ1) is 15.0. The fourth-order valence-corrected chi connectivity index (χ4v) is 3.69. The van der Waals surface area contributed by atoms with Crippen molar-refractivity contribution in [1.29, 1.82) is 0 Å². The average molecular weight is 415 g/mol. The molecule has 31 heavy (non-hydrogen) atoms. The van der Waals surface area contributed by atoms with E-state index in [2.05, 4.69) is 5.32 Å². The fraction of sp³-hybridized carbons (Fsp3) is 0.231. The first-order valence-corrected chi connectivity index (χ1v) is 10.5. The van der Waals surface area contributed by atoms with Gasteiger partial charge in [0.15, 0.2) is 0 Å². The minimum absolute atomic E-state index is 0.0155. The van der Waals surface area contributed by atoms with Gasteiger partial charge in [0.25, 0.3) is 5.91 Å². The lowest BCUT2D eigenvalue weighted by atomic mass is 9.98. The van der Waals surface area contributed by atoms with Gasteiger partial charge in [-0.3, -0.25) is 9.59 Å². The third kappa shape index (κ3) is 4.94. The molecule has 5 heteroatoms. The molecule has 0 aliphatic carbocycles. The SMILES string of the molecule is CC(C)C(=O)N1CCc2ccc(NC(=O)c3ccc(Oc4ccccc4)cc3)cc2C1. The molecule has 0 atom stereocenters. The first-order valence-electron chi connectivity index (χ1n) is 10.5. The molecule has 0 saturated heterocycles. The number of rotatable bonds is 5. The van der Waals surface area contributed by atoms with Crippen molar-refractivity contribution in [2.45, 2.75) is 26.8 Å². The Labute approximate surface area is 182 Å². The van der Waals surface area contributed by atoms with Crippen LogP contribution in [0.3, 0.4) is 0 Å². The van der Waals surface area contributed by atoms with Crippen LogP contribution in [0.2, 0.25) is 0 Å². The number of carbonyl (C=O) groups is 2. The molecule has 0 fully saturated rings. The quantitative estimate of drug-likeness (QED) is 0.619. The van der Waals surface area contributed by atoms with Crippen molar-refractivity contribution in [1.82, 2.24) is 4.90 Å². The fourth-order valence-electron chi connectivity index (χ4n) is 3.69. The maximum Gasteiger partial charge on any atom is 0.255 e. The van der Waals surface area contributed by atoms with E-state index in [-0.39, 0.29) is 17.7 Å². The van der Waals surface area contributed by atoms with Crippen LogP contribution < -0.4 is 10.1 Å². The summed E-state index contributed by atoms with van der Waals surface area (Å²) < 4.78 is 5.78. The number of nitrogens with zero attached hydrogens (tertiary/aromatic N) is 1. The molecular weight excluding hydrogens is 388 g/mol. The molecule has 0 unspecified atom stereocenters. The van der Waals surface area contributed by atoms with Gasteiger partial charge in [0.05, 0.1) is 0 Å². The topological polar surface area (TPSA) is 58.6 Å². The van der Waals surface area contributed by atoms with Crippen LogP contribution in [0.4, 0.5) is 5.69 Å². The standard InChI is InChI=1S/C26H26N2O3/c1-18(2)26(30)28-15-14-19-8-11-22(16-21(19)17-28)27-25(29)20-9-12-24(13-10-20)31-23-6-4-3-5-7-23/h3-13,16,18H,14-15,17H2,1-2H3,(H,27,29). The summed E-state index contributed by atoms with van der Waals surface area (Å²) in [5.41, 5.74) is 3.60. The van der Waals surface area contributed by atoms with Crippen LogP contribution in [0.5, 0.6) is 11.5 Å². The Morgan fingerprint density at radius 1 is 0.903 bits per heavy atom. The number of nitrogens with one attached hydrogen (secondary N) is 1. The number of hydrogen-bond donors (Lipinski definition) is 1. The van der Waals surface area contributed by atoms with Crippen molar-refractivity contribution in [2.75, 3.05) is 11.9 Å². The lowest BCUT2D eigenvalue weighted by Crippen LogP contribution is -2.38. The third-order valence-electron chi connectivity index (χ3n) is 5.38. The van der Waals surface area contributed by atoms with E-state index in [9.17, 15) is 9.59 Å². The highest BCUT2D eigenvalue weighted by Crippen LogP contribution is 2.25. The van der Waals surface area contributed by atoms with E-state index in [1.807, 2.05) is 67.3 Å². The molecule has 1 aliphatic rings. The van der Waals surface area contributed by atoms with Gasteiger partial charge in [-0.25, -0.2) is 0 Å². The molecule has 0 saturated carbocycles. The van der Waals surface area contributed by atoms with E-state index >= 15 is 0 Å². The molecule has 0 radical (unpaired) electrons. The maximum atomic E-state index is 12.7. The van der Waals surface area contributed by atoms with E-state index in [4.69, 9.17) is 4.74 Å². The van der Waals surface area contributed by atoms with Crippen molar-refractivity contribution in [3.63, 3.8) is 0 Å². The van der Waals surface area contributed by atoms with Crippen LogP contribution in [-0.2, 0) is 17.8 Å². The second kappa shape index (κ2) is 9.04. The van der Waals surface area contributed by atoms with Crippen LogP contribution in [0.15, 0.2) is 72.8 Å². The van der Waals surface area contributed by atoms with Crippen molar-refractivity contribution in [2.24, 2.45) is 5.92 Å². The van der Waals surface area contributed by atoms with E-state index in [0.29, 0.717) is 17.9 Å². The molecule has 1 heterocycles. The van der Waals surface area contributed by atoms with Gasteiger partial charge in [0.2, 0.25) is 5.91 Å². The van der Waals surface area contributed by atoms with Gasteiger partial charge in [-0.2, -0.15) is 0 Å². The molecule has 5 nitrogen and oxygen atoms in total. The number of anilines is 1. The number of amides is 2. The van der Waals surface area contributed by atoms with Crippen molar-refractivity contribution < 1.29 is 14.3 Å². The molecule has 4 rings (SSSR count). The molecule has 158 valence electrons. The number of fused-ring (bicyclic) bond motifs is 1. The zero-order valence-electron chi connectivity index (χ0n) is 17.8. The maximum absolute atomic E-state index is 12.7. The van der Waals surface area contributed by atoms with Gasteiger partial charge >= 0.3 is 0 Å². The number of para-hydroxylation sites is 1. The van der Waals surface area contributed by atoms with Crippen molar-refractivity contribution >= 4 is 17.5 Å². The Morgan fingerprint density at radius 2 is 1.61 bits per heavy atom. The summed E-state index contributed by atoms with van der Waals surface area (Å²) in [4.78, 5) is 26.9. The van der Waals surface area contributed by atoms with E-state index < -0.39 is 0 Å². The van der Waals surface area contributed by atoms with E-state index in [1.54, 1.807) is 24.3 Å². The summed E-state index contributed by atoms with van der Waals surface area (Å²) in [6, 6.07) is 22.5. The predicted molar refractivity (Wildman–Crippen MR) is 121 cm³/mol. The molecule has 0 aromatic heterocycles. The highest BCUT2D eigenvalue weighted by Gasteiger charge is 2.22. The van der Waals surface area contributed by atoms with Crippen LogP contribution in [-0.4, -0.2) is 23.3 Å². The number of benzene rings is 3. The van der Waals surface area contributed by atoms with Gasteiger partial charge in [-0.05, 0) is 66.1 Å². The largest absolute Gasteiger partial charge is 0.457 e. The van der Waals surface area contributed by atoms with Crippen molar-refractivity contribution in [3.8, 4) is 11.5 Å². The second-order valence-electron chi connectivity index (χ2n) is 8.04. The van der Waals surface area contributed by atoms with Gasteiger partial charge in [-0.15, -0.1) is 0 Å². The molecule has 3 aromatic carbocycles. The van der Waals surface area contributed by atoms with E-state index in [0.717, 1.165) is 30.0 Å². The molecule has 0 spiro atoms. The van der Waals surface area contributed by atoms with Gasteiger partial charge < -0.3 is 15.0 Å². The summed E-state index contributed by atoms with van der Waals surface area (Å²) in [5.74, 6) is 1.39. The van der Waals surface area contributed by atoms with E-state index in [1.165, 1.54) is 5.56 Å². The molecule has 1 N–H and O–H groups in total. The average Bonchev–Trinajstić information content (AvgIpc) is 2.79. The predicted octanol–water partition coefficient (Wildman–Crippen LogP) is 5.27. The Bertz CT molecular complexity index is 1080. The zero-order chi connectivity index (χ0) is 21.8. The summed E-state index contributed by atoms with van der Waals surface area (Å²) >= 11 is 0. The first kappa shape index (κ1) is 20.7. The number of carbonyl (C=O) groups excluding carboxylic acids is 2. The normalized spacial score (nSPS) is 12.9. The van der Waals surface area contributed by atoms with Crippen LogP contribution in [0.1, 0.15) is 35.3 Å². The van der Waals surface area contributed by atoms with Gasteiger partial charge in [-0.1, -0.05) is 38.1 Å². The molecule has 0 bridgehead atoms. The summed E-state index contributed by atoms with van der Waals surface area (Å²) in [5, 5.41) is 2.96. The minimum atomic E-state index is -0.183. The monoisotopic (exact) mass is 414 g/mol. The molecular formula is C26H26N2O3. The third-order valence-corrected chi connectivity index (χ3v) is 5.38. The summed E-state index contributed by atoms with van der Waals surface area (Å²) in [6.45, 7) is 5.17. The van der Waals surface area contributed by atoms with Crippen molar-refractivity contribution in [3.05, 3.63) is 89.5 Å². The Balaban J connectivity index is 1.42. The number of ether oxygens (including phenoxy) is 1. The van der Waals surface area contributed by atoms with Crippen LogP contribution in [0, 0.1) is 5.92 Å². The molecule has 2 amide bonds. The van der Waals surface area contributed by atoms with Crippen LogP contribution in [0.25, 0.3) is 0 Å². The lowest BCUT2D eigenvalue weighted by Gasteiger charge is -2.30. The lowest BCUT2D eigenvalue weighted by molar-refractivity contribution is -0.135. The van der Waals surface area contributed by atoms with Crippen LogP contribution >= 0.6 is 0 Å². The Kier molecular flexibility index (Phi) is 6.03. The number of hydrogen-bond acceptors (Lipinski definition) is 3. The minimum Gasteiger partial charge on any atom is -0.457 e. The highest BCUT2D eigenvalue weighted by atomic mass is 16.5. The highest BCUT2D eigenvalue weighted by molar-refractivity contribution is 6.04. The molecule has 3 aromatic rings. The summed E-state index contributed by atoms with van der Waals surface area (Å²) in [6.07, 6.45) is 0.838.